The Morgan fingerprint density at radius 2 is 1.49 bits per heavy atom. The number of hydrogen-bond acceptors (Lipinski definition) is 13. The molecule has 7 rings (SSSR count). The van der Waals surface area contributed by atoms with Crippen LogP contribution in [0.15, 0.2) is 117 Å². The third-order valence-corrected chi connectivity index (χ3v) is 19.3. The van der Waals surface area contributed by atoms with Gasteiger partial charge in [0.1, 0.15) is 4.90 Å². The molecule has 0 saturated carbocycles. The van der Waals surface area contributed by atoms with Gasteiger partial charge in [-0.3, -0.25) is 14.3 Å². The van der Waals surface area contributed by atoms with Crippen molar-refractivity contribution < 1.29 is 48.8 Å². The van der Waals surface area contributed by atoms with Gasteiger partial charge >= 0.3 is 13.1 Å². The average Bonchev–Trinajstić information content (AvgIpc) is 3.35. The van der Waals surface area contributed by atoms with E-state index in [9.17, 15) is 44.3 Å². The molecule has 2 saturated heterocycles. The number of sulfonamides is 1. The minimum absolute atomic E-state index is 0.00109. The molecule has 398 valence electrons. The lowest BCUT2D eigenvalue weighted by Crippen LogP contribution is -2.48. The van der Waals surface area contributed by atoms with Crippen LogP contribution >= 0.6 is 31.0 Å². The second-order valence-electron chi connectivity index (χ2n) is 19.5. The number of sulfone groups is 1. The van der Waals surface area contributed by atoms with Crippen molar-refractivity contribution in [2.45, 2.75) is 72.7 Å². The van der Waals surface area contributed by atoms with Crippen molar-refractivity contribution in [3.05, 3.63) is 119 Å². The summed E-state index contributed by atoms with van der Waals surface area (Å²) in [5.41, 5.74) is -1.17. The Kier molecular flexibility index (Phi) is 18.9. The number of piperazine rings is 2. The number of benzene rings is 4. The molecule has 1 unspecified atom stereocenters. The van der Waals surface area contributed by atoms with Gasteiger partial charge in [-0.15, -0.1) is 11.8 Å². The van der Waals surface area contributed by atoms with Crippen LogP contribution in [0.5, 0.6) is 0 Å². The Morgan fingerprint density at radius 3 is 2.12 bits per heavy atom. The molecule has 2 fully saturated rings. The van der Waals surface area contributed by atoms with Crippen molar-refractivity contribution in [3.63, 3.8) is 0 Å². The number of anilines is 2. The third-order valence-electron chi connectivity index (χ3n) is 13.6. The van der Waals surface area contributed by atoms with Crippen molar-refractivity contribution in [1.82, 2.24) is 19.4 Å². The zero-order chi connectivity index (χ0) is 52.6. The van der Waals surface area contributed by atoms with Crippen molar-refractivity contribution in [1.29, 1.82) is 0 Å². The predicted molar refractivity (Wildman–Crippen MR) is 284 cm³/mol. The number of halogens is 4. The molecule has 4 aromatic carbocycles. The molecule has 73 heavy (non-hydrogen) atoms. The Labute approximate surface area is 437 Å². The van der Waals surface area contributed by atoms with Crippen LogP contribution in [0.25, 0.3) is 5.57 Å². The average molecular weight is 1110 g/mol. The molecule has 2 heterocycles. The molecule has 0 spiro atoms. The van der Waals surface area contributed by atoms with E-state index in [1.807, 2.05) is 47.2 Å². The van der Waals surface area contributed by atoms with E-state index in [0.29, 0.717) is 62.5 Å². The van der Waals surface area contributed by atoms with Gasteiger partial charge in [0.05, 0.1) is 23.4 Å². The largest absolute Gasteiger partial charge is 0.501 e. The van der Waals surface area contributed by atoms with E-state index >= 15 is 0 Å². The Bertz CT molecular complexity index is 2830. The quantitative estimate of drug-likeness (QED) is 0.0533. The number of allylic oxidation sites excluding steroid dienone is 1. The van der Waals surface area contributed by atoms with Gasteiger partial charge in [0, 0.05) is 105 Å². The van der Waals surface area contributed by atoms with Gasteiger partial charge in [0.15, 0.2) is 0 Å². The van der Waals surface area contributed by atoms with Gasteiger partial charge in [-0.2, -0.15) is 13.2 Å². The van der Waals surface area contributed by atoms with E-state index in [0.717, 1.165) is 74.7 Å². The molecule has 2 atom stereocenters. The fourth-order valence-corrected chi connectivity index (χ4v) is 13.6. The second kappa shape index (κ2) is 24.4. The maximum Gasteiger partial charge on any atom is 0.501 e. The number of nitrogens with one attached hydrogen (secondary N) is 2. The van der Waals surface area contributed by atoms with Crippen LogP contribution in [0.1, 0.15) is 62.4 Å². The molecule has 2 aliphatic heterocycles. The van der Waals surface area contributed by atoms with Crippen LogP contribution in [0.3, 0.4) is 0 Å². The number of hydrogen-bond donors (Lipinski definition) is 3. The number of carbonyl (C=O) groups is 1. The topological polar surface area (TPSA) is 169 Å². The molecule has 0 radical (unpaired) electrons. The number of thioether (sulfide) groups is 1. The molecule has 0 aromatic heterocycles. The van der Waals surface area contributed by atoms with Crippen LogP contribution in [0.2, 0.25) is 5.02 Å². The molecular formula is C51H65ClF3N6O8PS3. The molecule has 0 bridgehead atoms. The third kappa shape index (κ3) is 15.6. The predicted octanol–water partition coefficient (Wildman–Crippen LogP) is 9.34. The summed E-state index contributed by atoms with van der Waals surface area (Å²) in [4.78, 5) is 31.0. The molecule has 3 N–H and O–H groups in total. The number of rotatable bonds is 21. The summed E-state index contributed by atoms with van der Waals surface area (Å²) in [6.45, 7) is 13.6. The fourth-order valence-electron chi connectivity index (χ4n) is 9.44. The van der Waals surface area contributed by atoms with E-state index in [-0.39, 0.29) is 23.7 Å². The molecule has 3 aliphatic rings. The van der Waals surface area contributed by atoms with Gasteiger partial charge in [-0.25, -0.2) is 21.6 Å². The van der Waals surface area contributed by atoms with Crippen molar-refractivity contribution in [2.24, 2.45) is 5.41 Å². The summed E-state index contributed by atoms with van der Waals surface area (Å²) in [6, 6.07) is 25.5. The first kappa shape index (κ1) is 56.8. The summed E-state index contributed by atoms with van der Waals surface area (Å²) in [5.74, 6) is -0.732. The Balaban J connectivity index is 1.00. The fraction of sp³-hybridized carbons (Fsp3) is 0.471. The van der Waals surface area contributed by atoms with Gasteiger partial charge in [0.2, 0.25) is 0 Å². The highest BCUT2D eigenvalue weighted by atomic mass is 35.5. The molecular weight excluding hydrogens is 1040 g/mol. The van der Waals surface area contributed by atoms with Gasteiger partial charge < -0.3 is 29.4 Å². The lowest BCUT2D eigenvalue weighted by atomic mass is 9.73. The van der Waals surface area contributed by atoms with Crippen LogP contribution in [0.4, 0.5) is 24.5 Å². The Morgan fingerprint density at radius 1 is 0.863 bits per heavy atom. The van der Waals surface area contributed by atoms with Crippen molar-refractivity contribution in [3.8, 4) is 0 Å². The first-order valence-electron chi connectivity index (χ1n) is 24.4. The van der Waals surface area contributed by atoms with Crippen LogP contribution in [-0.4, -0.2) is 144 Å². The summed E-state index contributed by atoms with van der Waals surface area (Å²) >= 11 is 7.61. The first-order valence-corrected chi connectivity index (χ1v) is 30.5. The number of alkyl halides is 3. The van der Waals surface area contributed by atoms with E-state index in [1.165, 1.54) is 40.6 Å². The highest BCUT2D eigenvalue weighted by Gasteiger charge is 2.48. The van der Waals surface area contributed by atoms with E-state index < -0.39 is 60.4 Å². The van der Waals surface area contributed by atoms with Crippen LogP contribution < -0.4 is 14.9 Å². The van der Waals surface area contributed by atoms with Crippen molar-refractivity contribution >= 4 is 73.7 Å². The summed E-state index contributed by atoms with van der Waals surface area (Å²) in [7, 11) is -14.7. The van der Waals surface area contributed by atoms with Gasteiger partial charge in [-0.05, 0) is 116 Å². The lowest BCUT2D eigenvalue weighted by molar-refractivity contribution is -0.0436. The summed E-state index contributed by atoms with van der Waals surface area (Å²) < 4.78 is 116. The molecule has 14 nitrogen and oxygen atoms in total. The second-order valence-corrected chi connectivity index (χ2v) is 26.6. The van der Waals surface area contributed by atoms with Gasteiger partial charge in [0.25, 0.3) is 25.8 Å². The van der Waals surface area contributed by atoms with E-state index in [4.69, 9.17) is 16.1 Å². The highest BCUT2D eigenvalue weighted by Crippen LogP contribution is 2.44. The maximum absolute atomic E-state index is 14.3. The summed E-state index contributed by atoms with van der Waals surface area (Å²) in [6.07, 6.45) is 3.49. The first-order chi connectivity index (χ1) is 34.5. The minimum atomic E-state index is -6.11. The standard InChI is InChI=1S/C51H65ClF3N6O8PS3/c1-4-69-70(63,64)33-32-59-26-24-58(25-27-59)23-21-42(37-71-44-8-6-5-7-9-44)56-47-19-18-45(34-48(47)72(65,66)51(53,54)55)73(67,68)57-49(62)39-12-16-43(17-13-39)61-30-28-60(29-31-61)36-40-35-50(2,3)22-20-46(40)38-10-14-41(52)15-11-38/h5-19,34,42,56H,4,20-33,35-37H2,1-3H3,(H,57,62)(H,63,64)/t42-/m1/s1. The summed E-state index contributed by atoms with van der Waals surface area (Å²) in [5, 5.41) is 3.71. The molecule has 1 amide bonds. The SMILES string of the molecule is CCOP(=O)(O)CCN1CCN(CC[C@H](CSc2ccccc2)Nc2ccc(S(=O)(=O)NC(=O)c3ccc(N4CCN(CC5=C(c6ccc(Cl)cc6)CCC(C)(C)C5)CC4)cc3)cc2S(=O)(=O)C(F)(F)F)CC1. The van der Waals surface area contributed by atoms with Gasteiger partial charge in [-0.1, -0.05) is 61.4 Å². The molecule has 1 aliphatic carbocycles. The van der Waals surface area contributed by atoms with E-state index in [1.54, 1.807) is 19.1 Å². The van der Waals surface area contributed by atoms with Crippen molar-refractivity contribution in [2.75, 3.05) is 101 Å². The monoisotopic (exact) mass is 1110 g/mol. The molecule has 22 heteroatoms. The number of carbonyl (C=O) groups excluding carboxylic acids is 1. The zero-order valence-electron chi connectivity index (χ0n) is 41.3. The normalized spacial score (nSPS) is 18.8. The maximum atomic E-state index is 14.3. The number of nitrogens with zero attached hydrogens (tertiary/aromatic N) is 4. The highest BCUT2D eigenvalue weighted by molar-refractivity contribution is 7.99. The smallest absolute Gasteiger partial charge is 0.380 e. The lowest BCUT2D eigenvalue weighted by Gasteiger charge is -2.39. The van der Waals surface area contributed by atoms with Crippen LogP contribution in [0, 0.1) is 5.41 Å². The number of amides is 1. The Hall–Kier alpha value is -3.95. The van der Waals surface area contributed by atoms with Crippen LogP contribution in [-0.2, 0) is 28.9 Å². The minimum Gasteiger partial charge on any atom is -0.380 e. The van der Waals surface area contributed by atoms with E-state index in [2.05, 4.69) is 50.9 Å². The molecule has 4 aromatic rings. The zero-order valence-corrected chi connectivity index (χ0v) is 45.4.